The van der Waals surface area contributed by atoms with Crippen molar-refractivity contribution in [2.24, 2.45) is 5.92 Å². The van der Waals surface area contributed by atoms with E-state index in [0.717, 1.165) is 11.3 Å². The molecule has 0 bridgehead atoms. The molecule has 1 saturated heterocycles. The van der Waals surface area contributed by atoms with Crippen LogP contribution in [-0.2, 0) is 14.8 Å². The number of piperidine rings is 1. The summed E-state index contributed by atoms with van der Waals surface area (Å²) < 4.78 is 38.2. The van der Waals surface area contributed by atoms with E-state index >= 15 is 0 Å². The summed E-state index contributed by atoms with van der Waals surface area (Å²) in [5.74, 6) is 1.59. The fourth-order valence-electron chi connectivity index (χ4n) is 4.07. The molecular formula is C23H28N2O5S. The Morgan fingerprint density at radius 2 is 1.74 bits per heavy atom. The van der Waals surface area contributed by atoms with Gasteiger partial charge in [0.15, 0.2) is 11.5 Å². The molecule has 0 saturated carbocycles. The van der Waals surface area contributed by atoms with E-state index in [4.69, 9.17) is 9.47 Å². The second-order valence-electron chi connectivity index (χ2n) is 8.06. The van der Waals surface area contributed by atoms with Crippen molar-refractivity contribution in [3.8, 4) is 11.5 Å². The smallest absolute Gasteiger partial charge is 0.243 e. The fourth-order valence-corrected chi connectivity index (χ4v) is 5.56. The second-order valence-corrected chi connectivity index (χ2v) is 9.99. The Morgan fingerprint density at radius 1 is 1.06 bits per heavy atom. The van der Waals surface area contributed by atoms with E-state index in [-0.39, 0.29) is 17.9 Å². The molecule has 2 aliphatic heterocycles. The SMILES string of the molecule is C[C@H](NC(=O)CC1CCN(S(=O)(=O)c2ccccc2)CC1)c1ccc2c(c1)OCCO2. The van der Waals surface area contributed by atoms with E-state index in [9.17, 15) is 13.2 Å². The van der Waals surface area contributed by atoms with Gasteiger partial charge in [-0.2, -0.15) is 4.31 Å². The molecule has 7 nitrogen and oxygen atoms in total. The van der Waals surface area contributed by atoms with Crippen LogP contribution in [0.3, 0.4) is 0 Å². The van der Waals surface area contributed by atoms with E-state index in [1.54, 1.807) is 30.3 Å². The van der Waals surface area contributed by atoms with Gasteiger partial charge in [0.25, 0.3) is 0 Å². The summed E-state index contributed by atoms with van der Waals surface area (Å²) in [6.07, 6.45) is 1.75. The molecule has 0 unspecified atom stereocenters. The molecule has 1 N–H and O–H groups in total. The molecule has 0 radical (unpaired) electrons. The number of amides is 1. The largest absolute Gasteiger partial charge is 0.486 e. The Kier molecular flexibility index (Phi) is 6.48. The lowest BCUT2D eigenvalue weighted by molar-refractivity contribution is -0.122. The number of carbonyl (C=O) groups excluding carboxylic acids is 1. The number of nitrogens with one attached hydrogen (secondary N) is 1. The molecule has 4 rings (SSSR count). The lowest BCUT2D eigenvalue weighted by Gasteiger charge is -2.31. The van der Waals surface area contributed by atoms with Crippen molar-refractivity contribution in [1.29, 1.82) is 0 Å². The van der Waals surface area contributed by atoms with E-state index in [1.807, 2.05) is 25.1 Å². The summed E-state index contributed by atoms with van der Waals surface area (Å²) >= 11 is 0. The van der Waals surface area contributed by atoms with E-state index in [1.165, 1.54) is 4.31 Å². The molecule has 8 heteroatoms. The lowest BCUT2D eigenvalue weighted by atomic mass is 9.94. The zero-order valence-corrected chi connectivity index (χ0v) is 18.4. The minimum absolute atomic E-state index is 0.0215. The van der Waals surface area contributed by atoms with Gasteiger partial charge in [0, 0.05) is 19.5 Å². The number of benzene rings is 2. The number of nitrogens with zero attached hydrogens (tertiary/aromatic N) is 1. The number of hydrogen-bond acceptors (Lipinski definition) is 5. The average molecular weight is 445 g/mol. The zero-order valence-electron chi connectivity index (χ0n) is 17.6. The van der Waals surface area contributed by atoms with Crippen molar-refractivity contribution in [3.05, 3.63) is 54.1 Å². The lowest BCUT2D eigenvalue weighted by Crippen LogP contribution is -2.39. The van der Waals surface area contributed by atoms with Crippen LogP contribution in [-0.4, -0.2) is 44.9 Å². The fraction of sp³-hybridized carbons (Fsp3) is 0.435. The van der Waals surface area contributed by atoms with Gasteiger partial charge in [-0.25, -0.2) is 8.42 Å². The molecule has 166 valence electrons. The molecular weight excluding hydrogens is 416 g/mol. The number of ether oxygens (including phenoxy) is 2. The molecule has 1 atom stereocenters. The van der Waals surface area contributed by atoms with Crippen LogP contribution in [0.1, 0.15) is 37.8 Å². The molecule has 2 heterocycles. The monoisotopic (exact) mass is 444 g/mol. The van der Waals surface area contributed by atoms with Gasteiger partial charge in [-0.05, 0) is 55.5 Å². The first kappa shape index (κ1) is 21.6. The van der Waals surface area contributed by atoms with Gasteiger partial charge in [-0.15, -0.1) is 0 Å². The molecule has 2 aromatic rings. The molecule has 1 fully saturated rings. The van der Waals surface area contributed by atoms with Crippen LogP contribution in [0.25, 0.3) is 0 Å². The van der Waals surface area contributed by atoms with Crippen molar-refractivity contribution in [3.63, 3.8) is 0 Å². The predicted molar refractivity (Wildman–Crippen MR) is 117 cm³/mol. The summed E-state index contributed by atoms with van der Waals surface area (Å²) in [7, 11) is -3.47. The third-order valence-corrected chi connectivity index (χ3v) is 7.79. The Hall–Kier alpha value is -2.58. The van der Waals surface area contributed by atoms with Crippen LogP contribution in [0.4, 0.5) is 0 Å². The highest BCUT2D eigenvalue weighted by atomic mass is 32.2. The molecule has 0 aliphatic carbocycles. The van der Waals surface area contributed by atoms with Gasteiger partial charge in [-0.3, -0.25) is 4.79 Å². The first-order valence-electron chi connectivity index (χ1n) is 10.7. The Labute approximate surface area is 183 Å². The molecule has 2 aliphatic rings. The summed E-state index contributed by atoms with van der Waals surface area (Å²) in [4.78, 5) is 12.9. The van der Waals surface area contributed by atoms with Gasteiger partial charge in [0.05, 0.1) is 10.9 Å². The molecule has 0 spiro atoms. The Bertz CT molecular complexity index is 1020. The Balaban J connectivity index is 1.28. The quantitative estimate of drug-likeness (QED) is 0.740. The molecule has 1 amide bonds. The maximum Gasteiger partial charge on any atom is 0.243 e. The minimum atomic E-state index is -3.47. The van der Waals surface area contributed by atoms with Crippen molar-refractivity contribution in [1.82, 2.24) is 9.62 Å². The normalized spacial score (nSPS) is 18.4. The first-order valence-corrected chi connectivity index (χ1v) is 12.1. The molecule has 0 aromatic heterocycles. The molecule has 2 aromatic carbocycles. The van der Waals surface area contributed by atoms with Crippen LogP contribution in [0.15, 0.2) is 53.4 Å². The van der Waals surface area contributed by atoms with Gasteiger partial charge < -0.3 is 14.8 Å². The van der Waals surface area contributed by atoms with Crippen molar-refractivity contribution in [2.45, 2.75) is 37.1 Å². The van der Waals surface area contributed by atoms with Crippen LogP contribution in [0.5, 0.6) is 11.5 Å². The number of rotatable bonds is 6. The summed E-state index contributed by atoms with van der Waals surface area (Å²) in [6.45, 7) is 3.89. The third-order valence-electron chi connectivity index (χ3n) is 5.87. The first-order chi connectivity index (χ1) is 14.9. The second kappa shape index (κ2) is 9.28. The van der Waals surface area contributed by atoms with E-state index in [0.29, 0.717) is 56.2 Å². The third kappa shape index (κ3) is 5.02. The maximum absolute atomic E-state index is 12.7. The van der Waals surface area contributed by atoms with Gasteiger partial charge in [-0.1, -0.05) is 24.3 Å². The van der Waals surface area contributed by atoms with Crippen LogP contribution >= 0.6 is 0 Å². The number of fused-ring (bicyclic) bond motifs is 1. The van der Waals surface area contributed by atoms with Gasteiger partial charge in [0.2, 0.25) is 15.9 Å². The highest BCUT2D eigenvalue weighted by molar-refractivity contribution is 7.89. The predicted octanol–water partition coefficient (Wildman–Crippen LogP) is 3.13. The van der Waals surface area contributed by atoms with E-state index in [2.05, 4.69) is 5.32 Å². The van der Waals surface area contributed by atoms with Crippen molar-refractivity contribution < 1.29 is 22.7 Å². The van der Waals surface area contributed by atoms with Gasteiger partial charge >= 0.3 is 0 Å². The highest BCUT2D eigenvalue weighted by Crippen LogP contribution is 2.33. The van der Waals surface area contributed by atoms with Crippen LogP contribution in [0.2, 0.25) is 0 Å². The van der Waals surface area contributed by atoms with Crippen molar-refractivity contribution >= 4 is 15.9 Å². The zero-order chi connectivity index (χ0) is 21.8. The number of hydrogen-bond donors (Lipinski definition) is 1. The Morgan fingerprint density at radius 3 is 2.45 bits per heavy atom. The number of carbonyl (C=O) groups is 1. The average Bonchev–Trinajstić information content (AvgIpc) is 2.79. The highest BCUT2D eigenvalue weighted by Gasteiger charge is 2.30. The minimum Gasteiger partial charge on any atom is -0.486 e. The van der Waals surface area contributed by atoms with E-state index < -0.39 is 10.0 Å². The summed E-state index contributed by atoms with van der Waals surface area (Å²) in [5, 5.41) is 3.05. The standard InChI is InChI=1S/C23H28N2O5S/c1-17(19-7-8-21-22(16-19)30-14-13-29-21)24-23(26)15-18-9-11-25(12-10-18)31(27,28)20-5-3-2-4-6-20/h2-8,16-18H,9-15H2,1H3,(H,24,26)/t17-/m0/s1. The van der Waals surface area contributed by atoms with Gasteiger partial charge in [0.1, 0.15) is 13.2 Å². The molecule has 31 heavy (non-hydrogen) atoms. The summed E-state index contributed by atoms with van der Waals surface area (Å²) in [6, 6.07) is 14.1. The van der Waals surface area contributed by atoms with Crippen molar-refractivity contribution in [2.75, 3.05) is 26.3 Å². The van der Waals surface area contributed by atoms with Crippen LogP contribution < -0.4 is 14.8 Å². The van der Waals surface area contributed by atoms with Crippen LogP contribution in [0, 0.1) is 5.92 Å². The summed E-state index contributed by atoms with van der Waals surface area (Å²) in [5.41, 5.74) is 0.960. The maximum atomic E-state index is 12.7. The topological polar surface area (TPSA) is 84.9 Å². The number of sulfonamides is 1.